The Hall–Kier alpha value is -2.59. The molecule has 27 heavy (non-hydrogen) atoms. The first-order valence-corrected chi connectivity index (χ1v) is 9.45. The minimum Gasteiger partial charge on any atom is -0.334 e. The Balaban J connectivity index is 1.86. The molecule has 3 N–H and O–H groups in total. The number of nitrogens with one attached hydrogen (secondary N) is 3. The van der Waals surface area contributed by atoms with Crippen molar-refractivity contribution in [1.82, 2.24) is 10.0 Å². The maximum absolute atomic E-state index is 12.5. The van der Waals surface area contributed by atoms with Crippen molar-refractivity contribution in [2.75, 3.05) is 12.4 Å². The molecule has 0 unspecified atom stereocenters. The van der Waals surface area contributed by atoms with Gasteiger partial charge < -0.3 is 10.6 Å². The topological polar surface area (TPSA) is 87.3 Å². The van der Waals surface area contributed by atoms with Gasteiger partial charge in [-0.3, -0.25) is 0 Å². The molecule has 0 aliphatic heterocycles. The number of hydrogen-bond acceptors (Lipinski definition) is 3. The smallest absolute Gasteiger partial charge is 0.334 e. The number of carbonyl (C=O) groups excluding carboxylic acids is 1. The summed E-state index contributed by atoms with van der Waals surface area (Å²) in [6.45, 7) is 0.172. The maximum Gasteiger partial charge on any atom is 0.416 e. The van der Waals surface area contributed by atoms with Crippen LogP contribution in [-0.4, -0.2) is 21.5 Å². The van der Waals surface area contributed by atoms with E-state index in [1.54, 1.807) is 24.3 Å². The molecule has 0 fully saturated rings. The third-order valence-electron chi connectivity index (χ3n) is 3.61. The van der Waals surface area contributed by atoms with Crippen molar-refractivity contribution in [1.29, 1.82) is 0 Å². The van der Waals surface area contributed by atoms with Crippen LogP contribution in [0.1, 0.15) is 16.7 Å². The number of anilines is 1. The van der Waals surface area contributed by atoms with Crippen LogP contribution in [-0.2, 0) is 28.5 Å². The van der Waals surface area contributed by atoms with E-state index in [9.17, 15) is 26.4 Å². The Labute approximate surface area is 154 Å². The summed E-state index contributed by atoms with van der Waals surface area (Å²) in [7, 11) is -2.02. The Morgan fingerprint density at radius 2 is 1.52 bits per heavy atom. The van der Waals surface area contributed by atoms with Crippen molar-refractivity contribution in [3.05, 3.63) is 65.2 Å². The molecule has 0 saturated carbocycles. The van der Waals surface area contributed by atoms with Crippen molar-refractivity contribution in [3.63, 3.8) is 0 Å². The summed E-state index contributed by atoms with van der Waals surface area (Å²) < 4.78 is 62.7. The molecular weight excluding hydrogens is 383 g/mol. The van der Waals surface area contributed by atoms with Crippen molar-refractivity contribution < 1.29 is 26.4 Å². The van der Waals surface area contributed by atoms with Gasteiger partial charge in [0.25, 0.3) is 0 Å². The lowest BCUT2D eigenvalue weighted by Gasteiger charge is -2.10. The highest BCUT2D eigenvalue weighted by molar-refractivity contribution is 7.88. The molecule has 0 bridgehead atoms. The normalized spacial score (nSPS) is 11.9. The molecule has 10 heteroatoms. The van der Waals surface area contributed by atoms with E-state index >= 15 is 0 Å². The van der Waals surface area contributed by atoms with E-state index in [0.29, 0.717) is 5.56 Å². The molecule has 2 aromatic rings. The van der Waals surface area contributed by atoms with Gasteiger partial charge in [0, 0.05) is 12.2 Å². The predicted octanol–water partition coefficient (Wildman–Crippen LogP) is 3.08. The fourth-order valence-corrected chi connectivity index (χ4v) is 2.92. The third kappa shape index (κ3) is 6.57. The monoisotopic (exact) mass is 401 g/mol. The van der Waals surface area contributed by atoms with Gasteiger partial charge in [-0.1, -0.05) is 24.3 Å². The van der Waals surface area contributed by atoms with Crippen LogP contribution in [0.5, 0.6) is 0 Å². The van der Waals surface area contributed by atoms with Gasteiger partial charge in [0.2, 0.25) is 10.0 Å². The van der Waals surface area contributed by atoms with Crippen LogP contribution in [0.25, 0.3) is 0 Å². The van der Waals surface area contributed by atoms with E-state index in [-0.39, 0.29) is 18.0 Å². The summed E-state index contributed by atoms with van der Waals surface area (Å²) in [6.07, 6.45) is -4.43. The molecule has 0 radical (unpaired) electrons. The molecule has 2 aromatic carbocycles. The first kappa shape index (κ1) is 20.7. The SMILES string of the molecule is CNS(=O)(=O)Cc1ccc(CNC(=O)Nc2ccc(C(F)(F)F)cc2)cc1. The average Bonchev–Trinajstić information content (AvgIpc) is 2.60. The van der Waals surface area contributed by atoms with Crippen LogP contribution >= 0.6 is 0 Å². The number of alkyl halides is 3. The molecule has 6 nitrogen and oxygen atoms in total. The highest BCUT2D eigenvalue weighted by Crippen LogP contribution is 2.29. The minimum atomic E-state index is -4.43. The van der Waals surface area contributed by atoms with Crippen LogP contribution in [0.15, 0.2) is 48.5 Å². The lowest BCUT2D eigenvalue weighted by Crippen LogP contribution is -2.28. The quantitative estimate of drug-likeness (QED) is 0.695. The van der Waals surface area contributed by atoms with Gasteiger partial charge >= 0.3 is 12.2 Å². The van der Waals surface area contributed by atoms with E-state index in [1.165, 1.54) is 19.2 Å². The number of carbonyl (C=O) groups is 1. The van der Waals surface area contributed by atoms with Crippen molar-refractivity contribution in [2.45, 2.75) is 18.5 Å². The molecule has 0 heterocycles. The molecule has 0 saturated heterocycles. The maximum atomic E-state index is 12.5. The molecule has 0 aromatic heterocycles. The molecule has 146 valence electrons. The zero-order valence-corrected chi connectivity index (χ0v) is 15.1. The van der Waals surface area contributed by atoms with Crippen molar-refractivity contribution >= 4 is 21.7 Å². The van der Waals surface area contributed by atoms with Crippen LogP contribution < -0.4 is 15.4 Å². The fourth-order valence-electron chi connectivity index (χ4n) is 2.15. The molecular formula is C17H18F3N3O3S. The largest absolute Gasteiger partial charge is 0.416 e. The average molecular weight is 401 g/mol. The second kappa shape index (κ2) is 8.40. The highest BCUT2D eigenvalue weighted by Gasteiger charge is 2.29. The summed E-state index contributed by atoms with van der Waals surface area (Å²) in [4.78, 5) is 11.8. The van der Waals surface area contributed by atoms with Crippen LogP contribution in [0.3, 0.4) is 0 Å². The second-order valence-corrected chi connectivity index (χ2v) is 7.59. The second-order valence-electron chi connectivity index (χ2n) is 5.66. The Morgan fingerprint density at radius 1 is 0.963 bits per heavy atom. The number of hydrogen-bond donors (Lipinski definition) is 3. The van der Waals surface area contributed by atoms with Gasteiger partial charge in [-0.15, -0.1) is 0 Å². The Kier molecular flexibility index (Phi) is 6.45. The predicted molar refractivity (Wildman–Crippen MR) is 95.4 cm³/mol. The summed E-state index contributed by atoms with van der Waals surface area (Å²) in [6, 6.07) is 10.2. The number of sulfonamides is 1. The summed E-state index contributed by atoms with van der Waals surface area (Å²) in [5, 5.41) is 5.00. The molecule has 0 spiro atoms. The van der Waals surface area contributed by atoms with Crippen LogP contribution in [0.2, 0.25) is 0 Å². The lowest BCUT2D eigenvalue weighted by atomic mass is 10.1. The van der Waals surface area contributed by atoms with Gasteiger partial charge in [0.05, 0.1) is 11.3 Å². The Morgan fingerprint density at radius 3 is 2.04 bits per heavy atom. The van der Waals surface area contributed by atoms with Crippen molar-refractivity contribution in [3.8, 4) is 0 Å². The number of benzene rings is 2. The molecule has 0 aliphatic rings. The first-order chi connectivity index (χ1) is 12.6. The number of rotatable bonds is 6. The highest BCUT2D eigenvalue weighted by atomic mass is 32.2. The molecule has 2 amide bonds. The first-order valence-electron chi connectivity index (χ1n) is 7.80. The van der Waals surface area contributed by atoms with Gasteiger partial charge in [0.15, 0.2) is 0 Å². The van der Waals surface area contributed by atoms with E-state index < -0.39 is 27.8 Å². The van der Waals surface area contributed by atoms with Gasteiger partial charge in [-0.25, -0.2) is 17.9 Å². The molecule has 2 rings (SSSR count). The van der Waals surface area contributed by atoms with E-state index in [4.69, 9.17) is 0 Å². The van der Waals surface area contributed by atoms with Gasteiger partial charge in [0.1, 0.15) is 0 Å². The molecule has 0 atom stereocenters. The van der Waals surface area contributed by atoms with Crippen molar-refractivity contribution in [2.24, 2.45) is 0 Å². The zero-order chi connectivity index (χ0) is 20.1. The lowest BCUT2D eigenvalue weighted by molar-refractivity contribution is -0.137. The van der Waals surface area contributed by atoms with Gasteiger partial charge in [-0.05, 0) is 42.4 Å². The Bertz CT molecular complexity index is 880. The summed E-state index contributed by atoms with van der Waals surface area (Å²) >= 11 is 0. The number of urea groups is 1. The fraction of sp³-hybridized carbons (Fsp3) is 0.235. The standard InChI is InChI=1S/C17H18F3N3O3S/c1-21-27(25,26)11-13-4-2-12(3-5-13)10-22-16(24)23-15-8-6-14(7-9-15)17(18,19)20/h2-9,21H,10-11H2,1H3,(H2,22,23,24). The minimum absolute atomic E-state index is 0.147. The van der Waals surface area contributed by atoms with Crippen LogP contribution in [0.4, 0.5) is 23.7 Å². The third-order valence-corrected chi connectivity index (χ3v) is 4.95. The van der Waals surface area contributed by atoms with E-state index in [2.05, 4.69) is 15.4 Å². The summed E-state index contributed by atoms with van der Waals surface area (Å²) in [5.74, 6) is -0.147. The number of amides is 2. The number of halogens is 3. The van der Waals surface area contributed by atoms with Crippen LogP contribution in [0, 0.1) is 0 Å². The molecule has 0 aliphatic carbocycles. The van der Waals surface area contributed by atoms with E-state index in [0.717, 1.165) is 17.7 Å². The van der Waals surface area contributed by atoms with E-state index in [1.807, 2.05) is 0 Å². The summed E-state index contributed by atoms with van der Waals surface area (Å²) in [5.41, 5.74) is 0.771. The van der Waals surface area contributed by atoms with Gasteiger partial charge in [-0.2, -0.15) is 13.2 Å². The zero-order valence-electron chi connectivity index (χ0n) is 14.3.